The van der Waals surface area contributed by atoms with Gasteiger partial charge in [-0.2, -0.15) is 18.4 Å². The average molecular weight is 328 g/mol. The molecular formula is C16H19F3N2O2. The maximum absolute atomic E-state index is 13.0. The van der Waals surface area contributed by atoms with Crippen LogP contribution in [0.4, 0.5) is 18.9 Å². The van der Waals surface area contributed by atoms with Gasteiger partial charge in [-0.3, -0.25) is 0 Å². The van der Waals surface area contributed by atoms with E-state index in [-0.39, 0.29) is 11.5 Å². The van der Waals surface area contributed by atoms with Crippen LogP contribution >= 0.6 is 0 Å². The van der Waals surface area contributed by atoms with Gasteiger partial charge in [-0.1, -0.05) is 0 Å². The van der Waals surface area contributed by atoms with Gasteiger partial charge in [0, 0.05) is 31.8 Å². The van der Waals surface area contributed by atoms with E-state index in [1.54, 1.807) is 19.2 Å². The summed E-state index contributed by atoms with van der Waals surface area (Å²) in [6.07, 6.45) is -3.65. The first-order valence-electron chi connectivity index (χ1n) is 7.38. The summed E-state index contributed by atoms with van der Waals surface area (Å²) in [6.45, 7) is 2.95. The van der Waals surface area contributed by atoms with Gasteiger partial charge in [-0.15, -0.1) is 0 Å². The van der Waals surface area contributed by atoms with Crippen LogP contribution in [0.5, 0.6) is 0 Å². The molecule has 126 valence electrons. The summed E-state index contributed by atoms with van der Waals surface area (Å²) in [4.78, 5) is 1.90. The van der Waals surface area contributed by atoms with Gasteiger partial charge in [0.15, 0.2) is 0 Å². The maximum Gasteiger partial charge on any atom is 0.417 e. The fraction of sp³-hybridized carbons (Fsp3) is 0.562. The van der Waals surface area contributed by atoms with Crippen molar-refractivity contribution in [2.75, 3.05) is 44.9 Å². The Bertz CT molecular complexity index is 569. The van der Waals surface area contributed by atoms with Crippen molar-refractivity contribution in [2.45, 2.75) is 12.6 Å². The lowest BCUT2D eigenvalue weighted by molar-refractivity contribution is -0.137. The normalized spacial score (nSPS) is 18.2. The van der Waals surface area contributed by atoms with E-state index in [4.69, 9.17) is 14.7 Å². The standard InChI is InChI=1S/C16H19F3N2O2/c1-22-6-7-23-11-12-4-5-21(10-12)14-3-2-13(9-20)15(8-14)16(17,18)19/h2-3,8,12H,4-7,10-11H2,1H3/t12-/m0/s1. The van der Waals surface area contributed by atoms with E-state index in [0.29, 0.717) is 38.6 Å². The van der Waals surface area contributed by atoms with E-state index < -0.39 is 11.7 Å². The molecule has 0 unspecified atom stereocenters. The highest BCUT2D eigenvalue weighted by Gasteiger charge is 2.34. The first kappa shape index (κ1) is 17.6. The largest absolute Gasteiger partial charge is 0.417 e. The highest BCUT2D eigenvalue weighted by atomic mass is 19.4. The van der Waals surface area contributed by atoms with Crippen LogP contribution in [-0.4, -0.2) is 40.0 Å². The Kier molecular flexibility index (Phi) is 5.85. The monoisotopic (exact) mass is 328 g/mol. The molecule has 1 heterocycles. The molecule has 0 saturated carbocycles. The first-order chi connectivity index (χ1) is 11.0. The van der Waals surface area contributed by atoms with E-state index in [1.807, 2.05) is 4.90 Å². The molecule has 0 radical (unpaired) electrons. The fourth-order valence-electron chi connectivity index (χ4n) is 2.66. The second-order valence-corrected chi connectivity index (χ2v) is 5.51. The van der Waals surface area contributed by atoms with Gasteiger partial charge in [0.1, 0.15) is 0 Å². The Morgan fingerprint density at radius 1 is 1.35 bits per heavy atom. The lowest BCUT2D eigenvalue weighted by atomic mass is 10.1. The third kappa shape index (κ3) is 4.60. The molecule has 1 fully saturated rings. The van der Waals surface area contributed by atoms with E-state index in [2.05, 4.69) is 0 Å². The second kappa shape index (κ2) is 7.66. The third-order valence-corrected chi connectivity index (χ3v) is 3.87. The number of rotatable bonds is 6. The van der Waals surface area contributed by atoms with E-state index in [0.717, 1.165) is 12.5 Å². The molecular weight excluding hydrogens is 309 g/mol. The number of methoxy groups -OCH3 is 1. The van der Waals surface area contributed by atoms with Crippen LogP contribution in [0.25, 0.3) is 0 Å². The molecule has 0 aliphatic carbocycles. The van der Waals surface area contributed by atoms with Gasteiger partial charge in [-0.05, 0) is 24.6 Å². The van der Waals surface area contributed by atoms with Crippen LogP contribution in [0, 0.1) is 17.2 Å². The molecule has 23 heavy (non-hydrogen) atoms. The predicted octanol–water partition coefficient (Wildman–Crippen LogP) is 3.07. The van der Waals surface area contributed by atoms with Crippen molar-refractivity contribution in [3.05, 3.63) is 29.3 Å². The SMILES string of the molecule is COCCOC[C@H]1CCN(c2ccc(C#N)c(C(F)(F)F)c2)C1. The minimum atomic E-state index is -4.52. The van der Waals surface area contributed by atoms with Crippen LogP contribution in [-0.2, 0) is 15.7 Å². The van der Waals surface area contributed by atoms with Crippen LogP contribution in [0.15, 0.2) is 18.2 Å². The minimum absolute atomic E-state index is 0.289. The molecule has 0 aromatic heterocycles. The number of nitrogens with zero attached hydrogens (tertiary/aromatic N) is 2. The Morgan fingerprint density at radius 2 is 2.13 bits per heavy atom. The molecule has 1 aliphatic heterocycles. The number of hydrogen-bond acceptors (Lipinski definition) is 4. The van der Waals surface area contributed by atoms with Gasteiger partial charge in [0.2, 0.25) is 0 Å². The van der Waals surface area contributed by atoms with Crippen molar-refractivity contribution >= 4 is 5.69 Å². The number of halogens is 3. The van der Waals surface area contributed by atoms with Crippen LogP contribution < -0.4 is 4.90 Å². The summed E-state index contributed by atoms with van der Waals surface area (Å²) in [5, 5.41) is 8.83. The topological polar surface area (TPSA) is 45.5 Å². The van der Waals surface area contributed by atoms with Crippen LogP contribution in [0.3, 0.4) is 0 Å². The summed E-state index contributed by atoms with van der Waals surface area (Å²) in [7, 11) is 1.60. The predicted molar refractivity (Wildman–Crippen MR) is 79.2 cm³/mol. The second-order valence-electron chi connectivity index (χ2n) is 5.51. The molecule has 0 N–H and O–H groups in total. The zero-order chi connectivity index (χ0) is 16.9. The Balaban J connectivity index is 2.02. The van der Waals surface area contributed by atoms with Gasteiger partial charge >= 0.3 is 6.18 Å². The quantitative estimate of drug-likeness (QED) is 0.753. The van der Waals surface area contributed by atoms with Gasteiger partial charge in [0.25, 0.3) is 0 Å². The molecule has 0 amide bonds. The van der Waals surface area contributed by atoms with Crippen LogP contribution in [0.1, 0.15) is 17.5 Å². The number of anilines is 1. The van der Waals surface area contributed by atoms with Crippen molar-refractivity contribution in [2.24, 2.45) is 5.92 Å². The number of nitriles is 1. The van der Waals surface area contributed by atoms with E-state index >= 15 is 0 Å². The molecule has 1 atom stereocenters. The van der Waals surface area contributed by atoms with Crippen molar-refractivity contribution in [1.29, 1.82) is 5.26 Å². The number of ether oxygens (including phenoxy) is 2. The van der Waals surface area contributed by atoms with Crippen molar-refractivity contribution in [3.8, 4) is 6.07 Å². The van der Waals surface area contributed by atoms with Crippen LogP contribution in [0.2, 0.25) is 0 Å². The van der Waals surface area contributed by atoms with E-state index in [9.17, 15) is 13.2 Å². The highest BCUT2D eigenvalue weighted by molar-refractivity contribution is 5.55. The number of benzene rings is 1. The molecule has 7 heteroatoms. The molecule has 1 aliphatic rings. The Hall–Kier alpha value is -1.78. The molecule has 1 saturated heterocycles. The number of hydrogen-bond donors (Lipinski definition) is 0. The lowest BCUT2D eigenvalue weighted by Crippen LogP contribution is -2.22. The summed E-state index contributed by atoms with van der Waals surface area (Å²) in [5.74, 6) is 0.289. The number of alkyl halides is 3. The van der Waals surface area contributed by atoms with E-state index in [1.165, 1.54) is 6.07 Å². The zero-order valence-electron chi connectivity index (χ0n) is 12.9. The van der Waals surface area contributed by atoms with Gasteiger partial charge < -0.3 is 14.4 Å². The zero-order valence-corrected chi connectivity index (χ0v) is 12.9. The first-order valence-corrected chi connectivity index (χ1v) is 7.38. The van der Waals surface area contributed by atoms with Crippen molar-refractivity contribution in [1.82, 2.24) is 0 Å². The Labute approximate surface area is 133 Å². The molecule has 2 rings (SSSR count). The Morgan fingerprint density at radius 3 is 2.78 bits per heavy atom. The average Bonchev–Trinajstić information content (AvgIpc) is 2.99. The molecule has 0 spiro atoms. The smallest absolute Gasteiger partial charge is 0.382 e. The van der Waals surface area contributed by atoms with Gasteiger partial charge in [-0.25, -0.2) is 0 Å². The molecule has 1 aromatic carbocycles. The maximum atomic E-state index is 13.0. The third-order valence-electron chi connectivity index (χ3n) is 3.87. The molecule has 1 aromatic rings. The molecule has 0 bridgehead atoms. The highest BCUT2D eigenvalue weighted by Crippen LogP contribution is 2.35. The molecule has 4 nitrogen and oxygen atoms in total. The van der Waals surface area contributed by atoms with Crippen molar-refractivity contribution in [3.63, 3.8) is 0 Å². The summed E-state index contributed by atoms with van der Waals surface area (Å²) < 4.78 is 49.4. The lowest BCUT2D eigenvalue weighted by Gasteiger charge is -2.20. The minimum Gasteiger partial charge on any atom is -0.382 e. The van der Waals surface area contributed by atoms with Crippen molar-refractivity contribution < 1.29 is 22.6 Å². The van der Waals surface area contributed by atoms with Gasteiger partial charge in [0.05, 0.1) is 37.0 Å². The summed E-state index contributed by atoms with van der Waals surface area (Å²) in [5.41, 5.74) is -0.729. The fourth-order valence-corrected chi connectivity index (χ4v) is 2.66. The summed E-state index contributed by atoms with van der Waals surface area (Å²) in [6, 6.07) is 5.47. The summed E-state index contributed by atoms with van der Waals surface area (Å²) >= 11 is 0.